The van der Waals surface area contributed by atoms with Gasteiger partial charge in [0, 0.05) is 28.5 Å². The van der Waals surface area contributed by atoms with Crippen LogP contribution in [0.15, 0.2) is 42.5 Å². The third-order valence-corrected chi connectivity index (χ3v) is 4.15. The van der Waals surface area contributed by atoms with E-state index in [9.17, 15) is 14.4 Å². The van der Waals surface area contributed by atoms with Gasteiger partial charge in [-0.15, -0.1) is 0 Å². The number of carbonyl (C=O) groups is 3. The zero-order valence-electron chi connectivity index (χ0n) is 17.5. The molecule has 3 amide bonds. The fourth-order valence-corrected chi connectivity index (χ4v) is 2.54. The van der Waals surface area contributed by atoms with E-state index in [1.165, 1.54) is 0 Å². The zero-order valence-corrected chi connectivity index (χ0v) is 17.5. The Morgan fingerprint density at radius 1 is 0.931 bits per heavy atom. The van der Waals surface area contributed by atoms with Crippen LogP contribution in [0.1, 0.15) is 29.8 Å². The first-order chi connectivity index (χ1) is 13.7. The Morgan fingerprint density at radius 2 is 1.62 bits per heavy atom. The third-order valence-electron chi connectivity index (χ3n) is 4.15. The Balaban J connectivity index is 2.13. The molecule has 0 aliphatic carbocycles. The van der Waals surface area contributed by atoms with Gasteiger partial charge in [0.25, 0.3) is 5.91 Å². The van der Waals surface area contributed by atoms with Crippen LogP contribution in [-0.4, -0.2) is 43.3 Å². The van der Waals surface area contributed by atoms with Gasteiger partial charge in [0.2, 0.25) is 11.8 Å². The molecule has 0 radical (unpaired) electrons. The lowest BCUT2D eigenvalue weighted by molar-refractivity contribution is -0.119. The van der Waals surface area contributed by atoms with Gasteiger partial charge in [0.05, 0.1) is 6.54 Å². The second kappa shape index (κ2) is 9.84. The first kappa shape index (κ1) is 22.1. The van der Waals surface area contributed by atoms with Crippen LogP contribution < -0.4 is 16.0 Å². The number of nitrogens with one attached hydrogen (secondary N) is 3. The van der Waals surface area contributed by atoms with Crippen LogP contribution in [0.5, 0.6) is 0 Å². The second-order valence-corrected chi connectivity index (χ2v) is 7.49. The maximum Gasteiger partial charge on any atom is 0.255 e. The predicted molar refractivity (Wildman–Crippen MR) is 116 cm³/mol. The summed E-state index contributed by atoms with van der Waals surface area (Å²) in [5.41, 5.74) is 3.07. The van der Waals surface area contributed by atoms with Crippen LogP contribution in [-0.2, 0) is 9.59 Å². The van der Waals surface area contributed by atoms with E-state index in [2.05, 4.69) is 16.0 Å². The summed E-state index contributed by atoms with van der Waals surface area (Å²) in [7, 11) is 3.64. The van der Waals surface area contributed by atoms with Gasteiger partial charge in [-0.3, -0.25) is 14.4 Å². The van der Waals surface area contributed by atoms with E-state index in [1.807, 2.05) is 27.1 Å². The Labute approximate surface area is 171 Å². The molecule has 0 aromatic heterocycles. The molecule has 2 aromatic carbocycles. The highest BCUT2D eigenvalue weighted by Crippen LogP contribution is 2.22. The van der Waals surface area contributed by atoms with Gasteiger partial charge in [-0.2, -0.15) is 0 Å². The van der Waals surface area contributed by atoms with Crippen LogP contribution in [0.2, 0.25) is 0 Å². The minimum Gasteiger partial charge on any atom is -0.326 e. The molecular weight excluding hydrogens is 368 g/mol. The number of likely N-dealkylation sites (N-methyl/N-ethyl adjacent to an activating group) is 1. The number of carbonyl (C=O) groups excluding carboxylic acids is 3. The minimum absolute atomic E-state index is 0.112. The number of rotatable bonds is 7. The Morgan fingerprint density at radius 3 is 2.28 bits per heavy atom. The number of nitrogens with zero attached hydrogens (tertiary/aromatic N) is 1. The van der Waals surface area contributed by atoms with Gasteiger partial charge in [0.15, 0.2) is 0 Å². The molecule has 0 heterocycles. The maximum atomic E-state index is 12.7. The van der Waals surface area contributed by atoms with Gasteiger partial charge in [-0.25, -0.2) is 0 Å². The summed E-state index contributed by atoms with van der Waals surface area (Å²) < 4.78 is 0. The van der Waals surface area contributed by atoms with Crippen LogP contribution in [0.3, 0.4) is 0 Å². The summed E-state index contributed by atoms with van der Waals surface area (Å²) in [5.74, 6) is -0.699. The first-order valence-corrected chi connectivity index (χ1v) is 9.43. The van der Waals surface area contributed by atoms with Crippen LogP contribution in [0.25, 0.3) is 0 Å². The van der Waals surface area contributed by atoms with Crippen LogP contribution in [0, 0.1) is 12.8 Å². The highest BCUT2D eigenvalue weighted by atomic mass is 16.2. The average molecular weight is 396 g/mol. The van der Waals surface area contributed by atoms with E-state index in [-0.39, 0.29) is 30.2 Å². The monoisotopic (exact) mass is 396 g/mol. The molecule has 0 saturated heterocycles. The van der Waals surface area contributed by atoms with Gasteiger partial charge >= 0.3 is 0 Å². The Bertz CT molecular complexity index is 907. The molecule has 0 fully saturated rings. The standard InChI is InChI=1S/C22H28N4O3/c1-14(2)21(28)24-17-8-6-7-16(11-17)22(29)25-19-12-18(10-9-15(19)3)23-20(27)13-26(4)5/h6-12,14H,13H2,1-5H3,(H,23,27)(H,24,28)(H,25,29). The number of amides is 3. The molecule has 0 aliphatic rings. The van der Waals surface area contributed by atoms with Crippen molar-refractivity contribution in [1.29, 1.82) is 0 Å². The van der Waals surface area contributed by atoms with Crippen molar-refractivity contribution >= 4 is 34.8 Å². The molecule has 0 spiro atoms. The van der Waals surface area contributed by atoms with Crippen molar-refractivity contribution in [3.05, 3.63) is 53.6 Å². The van der Waals surface area contributed by atoms with Crippen molar-refractivity contribution in [2.24, 2.45) is 5.92 Å². The van der Waals surface area contributed by atoms with Crippen molar-refractivity contribution in [1.82, 2.24) is 4.90 Å². The summed E-state index contributed by atoms with van der Waals surface area (Å²) >= 11 is 0. The highest BCUT2D eigenvalue weighted by molar-refractivity contribution is 6.06. The molecule has 0 saturated carbocycles. The molecule has 0 atom stereocenters. The Kier molecular flexibility index (Phi) is 7.50. The van der Waals surface area contributed by atoms with Gasteiger partial charge in [-0.1, -0.05) is 26.0 Å². The normalized spacial score (nSPS) is 10.7. The second-order valence-electron chi connectivity index (χ2n) is 7.49. The summed E-state index contributed by atoms with van der Waals surface area (Å²) in [6, 6.07) is 12.1. The first-order valence-electron chi connectivity index (χ1n) is 9.43. The van der Waals surface area contributed by atoms with E-state index in [0.717, 1.165) is 5.56 Å². The summed E-state index contributed by atoms with van der Waals surface area (Å²) in [5, 5.41) is 8.47. The molecule has 2 rings (SSSR count). The van der Waals surface area contributed by atoms with Crippen molar-refractivity contribution in [3.8, 4) is 0 Å². The van der Waals surface area contributed by atoms with Crippen LogP contribution in [0.4, 0.5) is 17.1 Å². The van der Waals surface area contributed by atoms with Crippen molar-refractivity contribution < 1.29 is 14.4 Å². The third kappa shape index (κ3) is 6.73. The molecule has 154 valence electrons. The topological polar surface area (TPSA) is 90.5 Å². The van der Waals surface area contributed by atoms with E-state index >= 15 is 0 Å². The lowest BCUT2D eigenvalue weighted by atomic mass is 10.1. The number of anilines is 3. The predicted octanol–water partition coefficient (Wildman–Crippen LogP) is 3.34. The molecule has 3 N–H and O–H groups in total. The summed E-state index contributed by atoms with van der Waals surface area (Å²) in [6.45, 7) is 5.75. The summed E-state index contributed by atoms with van der Waals surface area (Å²) in [4.78, 5) is 38.3. The lowest BCUT2D eigenvalue weighted by Gasteiger charge is -2.14. The zero-order chi connectivity index (χ0) is 21.6. The molecule has 7 nitrogen and oxygen atoms in total. The Hall–Kier alpha value is -3.19. The molecule has 0 bridgehead atoms. The van der Waals surface area contributed by atoms with E-state index in [4.69, 9.17) is 0 Å². The fourth-order valence-electron chi connectivity index (χ4n) is 2.54. The fraction of sp³-hybridized carbons (Fsp3) is 0.318. The van der Waals surface area contributed by atoms with Crippen molar-refractivity contribution in [2.75, 3.05) is 36.6 Å². The summed E-state index contributed by atoms with van der Waals surface area (Å²) in [6.07, 6.45) is 0. The molecule has 2 aromatic rings. The van der Waals surface area contributed by atoms with Crippen molar-refractivity contribution in [3.63, 3.8) is 0 Å². The maximum absolute atomic E-state index is 12.7. The van der Waals surface area contributed by atoms with E-state index < -0.39 is 0 Å². The minimum atomic E-state index is -0.300. The van der Waals surface area contributed by atoms with Gasteiger partial charge in [0.1, 0.15) is 0 Å². The average Bonchev–Trinajstić information content (AvgIpc) is 2.63. The number of benzene rings is 2. The van der Waals surface area contributed by atoms with Gasteiger partial charge in [-0.05, 0) is 56.9 Å². The SMILES string of the molecule is Cc1ccc(NC(=O)CN(C)C)cc1NC(=O)c1cccc(NC(=O)C(C)C)c1. The molecule has 7 heteroatoms. The number of aryl methyl sites for hydroxylation is 1. The smallest absolute Gasteiger partial charge is 0.255 e. The quantitative estimate of drug-likeness (QED) is 0.669. The van der Waals surface area contributed by atoms with Crippen LogP contribution >= 0.6 is 0 Å². The number of hydrogen-bond acceptors (Lipinski definition) is 4. The van der Waals surface area contributed by atoms with Crippen molar-refractivity contribution in [2.45, 2.75) is 20.8 Å². The van der Waals surface area contributed by atoms with Gasteiger partial charge < -0.3 is 20.9 Å². The lowest BCUT2D eigenvalue weighted by Crippen LogP contribution is -2.27. The molecular formula is C22H28N4O3. The molecule has 0 unspecified atom stereocenters. The largest absolute Gasteiger partial charge is 0.326 e. The highest BCUT2D eigenvalue weighted by Gasteiger charge is 2.12. The number of hydrogen-bond donors (Lipinski definition) is 3. The van der Waals surface area contributed by atoms with E-state index in [0.29, 0.717) is 22.6 Å². The molecule has 29 heavy (non-hydrogen) atoms. The van der Waals surface area contributed by atoms with E-state index in [1.54, 1.807) is 55.1 Å². The molecule has 0 aliphatic heterocycles.